The molecule has 1 aromatic heterocycles. The van der Waals surface area contributed by atoms with Crippen LogP contribution in [0.25, 0.3) is 16.7 Å². The number of aromatic hydroxyl groups is 1. The van der Waals surface area contributed by atoms with Gasteiger partial charge in [0.1, 0.15) is 22.5 Å². The standard InChI is InChI=1S/C27H36ClN3O3/c1-6-8-9-17(7-2)12-19(26(33)34)13-18-14-24(25(32)16-21(18)27(3,4)5)31-29-22-11-10-20(28)15-23(22)30-31/h10-11,14-17,19,32H,6-9,12-13H2,1-5H3,(H,33,34). The van der Waals surface area contributed by atoms with Crippen molar-refractivity contribution in [3.63, 3.8) is 0 Å². The van der Waals surface area contributed by atoms with E-state index in [-0.39, 0.29) is 11.2 Å². The predicted octanol–water partition coefficient (Wildman–Crippen LogP) is 6.93. The molecule has 1 heterocycles. The van der Waals surface area contributed by atoms with Crippen molar-refractivity contribution in [1.82, 2.24) is 15.0 Å². The largest absolute Gasteiger partial charge is 0.506 e. The summed E-state index contributed by atoms with van der Waals surface area (Å²) in [6, 6.07) is 8.84. The van der Waals surface area contributed by atoms with E-state index in [1.165, 1.54) is 4.80 Å². The lowest BCUT2D eigenvalue weighted by molar-refractivity contribution is -0.142. The van der Waals surface area contributed by atoms with E-state index in [0.717, 1.165) is 36.8 Å². The molecule has 0 fully saturated rings. The first-order valence-electron chi connectivity index (χ1n) is 12.2. The van der Waals surface area contributed by atoms with Gasteiger partial charge in [0.2, 0.25) is 0 Å². The minimum Gasteiger partial charge on any atom is -0.506 e. The summed E-state index contributed by atoms with van der Waals surface area (Å²) in [5, 5.41) is 30.5. The summed E-state index contributed by atoms with van der Waals surface area (Å²) in [5.74, 6) is -0.828. The van der Waals surface area contributed by atoms with Crippen LogP contribution in [0.5, 0.6) is 5.75 Å². The van der Waals surface area contributed by atoms with Crippen LogP contribution in [0.15, 0.2) is 30.3 Å². The molecule has 0 aliphatic carbocycles. The number of hydrogen-bond acceptors (Lipinski definition) is 4. The second kappa shape index (κ2) is 10.8. The molecule has 0 radical (unpaired) electrons. The van der Waals surface area contributed by atoms with Gasteiger partial charge in [-0.15, -0.1) is 15.0 Å². The molecule has 0 bridgehead atoms. The van der Waals surface area contributed by atoms with Gasteiger partial charge in [0.05, 0.1) is 5.92 Å². The Labute approximate surface area is 206 Å². The van der Waals surface area contributed by atoms with Crippen LogP contribution in [0.2, 0.25) is 5.02 Å². The molecule has 0 saturated heterocycles. The summed E-state index contributed by atoms with van der Waals surface area (Å²) in [6.45, 7) is 10.5. The molecular weight excluding hydrogens is 450 g/mol. The van der Waals surface area contributed by atoms with Gasteiger partial charge in [0.15, 0.2) is 0 Å². The second-order valence-corrected chi connectivity index (χ2v) is 10.7. The fourth-order valence-electron chi connectivity index (χ4n) is 4.56. The van der Waals surface area contributed by atoms with Crippen LogP contribution in [0.4, 0.5) is 0 Å². The summed E-state index contributed by atoms with van der Waals surface area (Å²) in [6.07, 6.45) is 5.29. The molecule has 6 nitrogen and oxygen atoms in total. The average molecular weight is 486 g/mol. The fraction of sp³-hybridized carbons (Fsp3) is 0.519. The first-order chi connectivity index (χ1) is 16.0. The number of phenols is 1. The number of nitrogens with zero attached hydrogens (tertiary/aromatic N) is 3. The number of aromatic nitrogens is 3. The number of fused-ring (bicyclic) bond motifs is 1. The summed E-state index contributed by atoms with van der Waals surface area (Å²) in [4.78, 5) is 13.7. The van der Waals surface area contributed by atoms with Gasteiger partial charge in [-0.25, -0.2) is 0 Å². The monoisotopic (exact) mass is 485 g/mol. The van der Waals surface area contributed by atoms with E-state index in [4.69, 9.17) is 11.6 Å². The maximum Gasteiger partial charge on any atom is 0.306 e. The molecule has 0 amide bonds. The molecule has 0 spiro atoms. The molecule has 3 aromatic rings. The van der Waals surface area contributed by atoms with Gasteiger partial charge in [-0.1, -0.05) is 71.9 Å². The normalized spacial score (nSPS) is 13.8. The van der Waals surface area contributed by atoms with Crippen molar-refractivity contribution in [3.05, 3.63) is 46.5 Å². The molecular formula is C27H36ClN3O3. The predicted molar refractivity (Wildman–Crippen MR) is 137 cm³/mol. The number of rotatable bonds is 10. The van der Waals surface area contributed by atoms with Gasteiger partial charge >= 0.3 is 5.97 Å². The lowest BCUT2D eigenvalue weighted by atomic mass is 9.79. The van der Waals surface area contributed by atoms with Crippen molar-refractivity contribution < 1.29 is 15.0 Å². The van der Waals surface area contributed by atoms with Crippen LogP contribution in [0.1, 0.15) is 77.8 Å². The average Bonchev–Trinajstić information content (AvgIpc) is 3.18. The zero-order valence-corrected chi connectivity index (χ0v) is 21.6. The maximum absolute atomic E-state index is 12.3. The Hall–Kier alpha value is -2.60. The lowest BCUT2D eigenvalue weighted by Crippen LogP contribution is -2.23. The van der Waals surface area contributed by atoms with E-state index in [1.54, 1.807) is 24.3 Å². The Bertz CT molecular complexity index is 1150. The number of carboxylic acid groups (broad SMARTS) is 1. The van der Waals surface area contributed by atoms with Gasteiger partial charge < -0.3 is 10.2 Å². The first-order valence-corrected chi connectivity index (χ1v) is 12.5. The molecule has 184 valence electrons. The summed E-state index contributed by atoms with van der Waals surface area (Å²) in [7, 11) is 0. The van der Waals surface area contributed by atoms with Crippen LogP contribution in [-0.2, 0) is 16.6 Å². The number of carboxylic acids is 1. The molecule has 0 aliphatic rings. The SMILES string of the molecule is CCCCC(CC)CC(Cc1cc(-n2nc3ccc(Cl)cc3n2)c(O)cc1C(C)(C)C)C(=O)O. The van der Waals surface area contributed by atoms with Crippen molar-refractivity contribution in [2.24, 2.45) is 11.8 Å². The number of unbranched alkanes of at least 4 members (excludes halogenated alkanes) is 1. The number of carbonyl (C=O) groups is 1. The van der Waals surface area contributed by atoms with Crippen LogP contribution in [0.3, 0.4) is 0 Å². The summed E-state index contributed by atoms with van der Waals surface area (Å²) < 4.78 is 0. The number of phenolic OH excluding ortho intramolecular Hbond substituents is 1. The number of benzene rings is 2. The number of aliphatic carboxylic acids is 1. The van der Waals surface area contributed by atoms with Crippen LogP contribution in [-0.4, -0.2) is 31.2 Å². The van der Waals surface area contributed by atoms with E-state index in [1.807, 2.05) is 6.07 Å². The Morgan fingerprint density at radius 1 is 1.12 bits per heavy atom. The Morgan fingerprint density at radius 3 is 2.44 bits per heavy atom. The maximum atomic E-state index is 12.3. The van der Waals surface area contributed by atoms with Crippen molar-refractivity contribution in [2.45, 2.75) is 78.6 Å². The highest BCUT2D eigenvalue weighted by Gasteiger charge is 2.27. The van der Waals surface area contributed by atoms with Gasteiger partial charge in [-0.3, -0.25) is 4.79 Å². The molecule has 2 unspecified atom stereocenters. The fourth-order valence-corrected chi connectivity index (χ4v) is 4.73. The zero-order valence-electron chi connectivity index (χ0n) is 20.8. The van der Waals surface area contributed by atoms with Crippen LogP contribution in [0, 0.1) is 11.8 Å². The second-order valence-electron chi connectivity index (χ2n) is 10.3. The molecule has 34 heavy (non-hydrogen) atoms. The molecule has 2 atom stereocenters. The third-order valence-corrected chi connectivity index (χ3v) is 6.78. The van der Waals surface area contributed by atoms with Crippen molar-refractivity contribution in [3.8, 4) is 11.4 Å². The quantitative estimate of drug-likeness (QED) is 0.325. The topological polar surface area (TPSA) is 88.2 Å². The summed E-state index contributed by atoms with van der Waals surface area (Å²) >= 11 is 6.09. The first kappa shape index (κ1) is 26.0. The van der Waals surface area contributed by atoms with E-state index in [0.29, 0.717) is 40.5 Å². The van der Waals surface area contributed by atoms with Gasteiger partial charge in [-0.2, -0.15) is 0 Å². The van der Waals surface area contributed by atoms with Crippen molar-refractivity contribution in [1.29, 1.82) is 0 Å². The van der Waals surface area contributed by atoms with E-state index >= 15 is 0 Å². The zero-order chi connectivity index (χ0) is 25.0. The molecule has 2 aromatic carbocycles. The van der Waals surface area contributed by atoms with Crippen LogP contribution < -0.4 is 0 Å². The smallest absolute Gasteiger partial charge is 0.306 e. The lowest BCUT2D eigenvalue weighted by Gasteiger charge is -2.26. The van der Waals surface area contributed by atoms with Crippen molar-refractivity contribution >= 4 is 28.6 Å². The molecule has 2 N–H and O–H groups in total. The minimum atomic E-state index is -0.776. The third-order valence-electron chi connectivity index (χ3n) is 6.54. The minimum absolute atomic E-state index is 0.0568. The van der Waals surface area contributed by atoms with Gasteiger partial charge in [0, 0.05) is 5.02 Å². The molecule has 3 rings (SSSR count). The van der Waals surface area contributed by atoms with Gasteiger partial charge in [-0.05, 0) is 65.6 Å². The highest BCUT2D eigenvalue weighted by atomic mass is 35.5. The van der Waals surface area contributed by atoms with E-state index in [9.17, 15) is 15.0 Å². The van der Waals surface area contributed by atoms with Gasteiger partial charge in [0.25, 0.3) is 0 Å². The molecule has 0 saturated carbocycles. The molecule has 0 aliphatic heterocycles. The number of hydrogen-bond donors (Lipinski definition) is 2. The van der Waals surface area contributed by atoms with Crippen molar-refractivity contribution in [2.75, 3.05) is 0 Å². The van der Waals surface area contributed by atoms with E-state index in [2.05, 4.69) is 44.8 Å². The Morgan fingerprint density at radius 2 is 1.82 bits per heavy atom. The highest BCUT2D eigenvalue weighted by Crippen LogP contribution is 2.36. The van der Waals surface area contributed by atoms with E-state index < -0.39 is 11.9 Å². The third kappa shape index (κ3) is 6.09. The van der Waals surface area contributed by atoms with Crippen LogP contribution >= 0.6 is 11.6 Å². The molecule has 7 heteroatoms. The highest BCUT2D eigenvalue weighted by molar-refractivity contribution is 6.31. The Kier molecular flexibility index (Phi) is 8.24. The Balaban J connectivity index is 2.03. The number of halogens is 1. The summed E-state index contributed by atoms with van der Waals surface area (Å²) in [5.41, 5.74) is 3.28.